The summed E-state index contributed by atoms with van der Waals surface area (Å²) in [7, 11) is 1.67. The molecule has 1 fully saturated rings. The Morgan fingerprint density at radius 1 is 1.60 bits per heavy atom. The molecule has 1 saturated heterocycles. The molecule has 1 aromatic rings. The second kappa shape index (κ2) is 6.21. The van der Waals surface area contributed by atoms with Gasteiger partial charge in [-0.15, -0.1) is 11.8 Å². The summed E-state index contributed by atoms with van der Waals surface area (Å²) < 4.78 is 4.97. The fourth-order valence-electron chi connectivity index (χ4n) is 2.25. The summed E-state index contributed by atoms with van der Waals surface area (Å²) in [5.74, 6) is -0.502. The molecule has 1 aromatic heterocycles. The molecule has 2 heterocycles. The van der Waals surface area contributed by atoms with E-state index in [0.717, 1.165) is 12.0 Å². The van der Waals surface area contributed by atoms with Crippen molar-refractivity contribution in [3.8, 4) is 0 Å². The van der Waals surface area contributed by atoms with Gasteiger partial charge in [0, 0.05) is 18.4 Å². The quantitative estimate of drug-likeness (QED) is 0.921. The number of carbonyl (C=O) groups is 2. The van der Waals surface area contributed by atoms with Gasteiger partial charge in [-0.2, -0.15) is 0 Å². The zero-order chi connectivity index (χ0) is 14.7. The van der Waals surface area contributed by atoms with Crippen LogP contribution in [0.2, 0.25) is 0 Å². The van der Waals surface area contributed by atoms with E-state index >= 15 is 0 Å². The Kier molecular flexibility index (Phi) is 4.59. The number of furan rings is 1. The SMILES string of the molecule is CCC1SCC(C(=O)O)N1C(=O)N(C)Cc1ccoc1. The van der Waals surface area contributed by atoms with Crippen molar-refractivity contribution in [2.45, 2.75) is 31.3 Å². The van der Waals surface area contributed by atoms with Crippen LogP contribution in [0.25, 0.3) is 0 Å². The first-order valence-electron chi connectivity index (χ1n) is 6.43. The lowest BCUT2D eigenvalue weighted by Crippen LogP contribution is -2.50. The standard InChI is InChI=1S/C13H18N2O4S/c1-3-11-15(10(8-20-11)12(16)17)13(18)14(2)6-9-4-5-19-7-9/h4-5,7,10-11H,3,6,8H2,1-2H3,(H,16,17). The van der Waals surface area contributed by atoms with Gasteiger partial charge >= 0.3 is 12.0 Å². The van der Waals surface area contributed by atoms with Gasteiger partial charge in [0.2, 0.25) is 0 Å². The van der Waals surface area contributed by atoms with Crippen LogP contribution in [-0.2, 0) is 11.3 Å². The van der Waals surface area contributed by atoms with Gasteiger partial charge in [-0.3, -0.25) is 4.90 Å². The Morgan fingerprint density at radius 3 is 2.90 bits per heavy atom. The Balaban J connectivity index is 2.10. The van der Waals surface area contributed by atoms with E-state index in [1.165, 1.54) is 21.6 Å². The van der Waals surface area contributed by atoms with Gasteiger partial charge in [0.15, 0.2) is 0 Å². The van der Waals surface area contributed by atoms with Crippen molar-refractivity contribution >= 4 is 23.8 Å². The van der Waals surface area contributed by atoms with Crippen molar-refractivity contribution in [3.63, 3.8) is 0 Å². The van der Waals surface area contributed by atoms with Crippen LogP contribution in [0.15, 0.2) is 23.0 Å². The molecule has 110 valence electrons. The Bertz CT molecular complexity index is 477. The third-order valence-corrected chi connectivity index (χ3v) is 4.73. The van der Waals surface area contributed by atoms with Crippen molar-refractivity contribution in [2.75, 3.05) is 12.8 Å². The first-order chi connectivity index (χ1) is 9.54. The lowest BCUT2D eigenvalue weighted by molar-refractivity contribution is -0.141. The van der Waals surface area contributed by atoms with Gasteiger partial charge in [0.05, 0.1) is 24.4 Å². The van der Waals surface area contributed by atoms with Crippen LogP contribution >= 0.6 is 11.8 Å². The summed E-state index contributed by atoms with van der Waals surface area (Å²) in [6, 6.07) is 0.786. The number of urea groups is 1. The maximum absolute atomic E-state index is 12.5. The second-order valence-electron chi connectivity index (χ2n) is 4.73. The first kappa shape index (κ1) is 14.8. The monoisotopic (exact) mass is 298 g/mol. The van der Waals surface area contributed by atoms with E-state index in [9.17, 15) is 14.7 Å². The van der Waals surface area contributed by atoms with Crippen molar-refractivity contribution in [3.05, 3.63) is 24.2 Å². The van der Waals surface area contributed by atoms with Gasteiger partial charge in [-0.05, 0) is 12.5 Å². The van der Waals surface area contributed by atoms with Crippen LogP contribution in [0.1, 0.15) is 18.9 Å². The van der Waals surface area contributed by atoms with Crippen molar-refractivity contribution in [1.29, 1.82) is 0 Å². The average Bonchev–Trinajstić information content (AvgIpc) is 3.05. The molecule has 1 N–H and O–H groups in total. The molecule has 2 amide bonds. The van der Waals surface area contributed by atoms with Gasteiger partial charge < -0.3 is 14.4 Å². The normalized spacial score (nSPS) is 22.0. The van der Waals surface area contributed by atoms with E-state index in [1.807, 2.05) is 6.92 Å². The predicted molar refractivity (Wildman–Crippen MR) is 75.4 cm³/mol. The number of carboxylic acids is 1. The van der Waals surface area contributed by atoms with E-state index in [-0.39, 0.29) is 11.4 Å². The van der Waals surface area contributed by atoms with Crippen LogP contribution in [0.5, 0.6) is 0 Å². The molecule has 1 aliphatic heterocycles. The number of rotatable bonds is 4. The van der Waals surface area contributed by atoms with Crippen LogP contribution in [0.3, 0.4) is 0 Å². The predicted octanol–water partition coefficient (Wildman–Crippen LogP) is 2.07. The number of hydrogen-bond donors (Lipinski definition) is 1. The molecule has 0 aromatic carbocycles. The highest BCUT2D eigenvalue weighted by Crippen LogP contribution is 2.32. The third-order valence-electron chi connectivity index (χ3n) is 3.27. The molecule has 0 saturated carbocycles. The highest BCUT2D eigenvalue weighted by atomic mass is 32.2. The third kappa shape index (κ3) is 2.92. The molecule has 6 nitrogen and oxygen atoms in total. The maximum Gasteiger partial charge on any atom is 0.327 e. The number of carboxylic acid groups (broad SMARTS) is 1. The maximum atomic E-state index is 12.5. The zero-order valence-electron chi connectivity index (χ0n) is 11.5. The van der Waals surface area contributed by atoms with Gasteiger partial charge in [0.25, 0.3) is 0 Å². The highest BCUT2D eigenvalue weighted by molar-refractivity contribution is 8.00. The molecule has 2 atom stereocenters. The number of hydrogen-bond acceptors (Lipinski definition) is 4. The number of aliphatic carboxylic acids is 1. The number of nitrogens with zero attached hydrogens (tertiary/aromatic N) is 2. The topological polar surface area (TPSA) is 74.0 Å². The van der Waals surface area contributed by atoms with E-state index < -0.39 is 12.0 Å². The summed E-state index contributed by atoms with van der Waals surface area (Å²) in [6.45, 7) is 2.36. The van der Waals surface area contributed by atoms with Crippen LogP contribution in [-0.4, -0.2) is 51.1 Å². The van der Waals surface area contributed by atoms with Crippen LogP contribution in [0.4, 0.5) is 4.79 Å². The smallest absolute Gasteiger partial charge is 0.327 e. The summed E-state index contributed by atoms with van der Waals surface area (Å²) in [5.41, 5.74) is 0.882. The fraction of sp³-hybridized carbons (Fsp3) is 0.538. The van der Waals surface area contributed by atoms with E-state index in [4.69, 9.17) is 4.42 Å². The van der Waals surface area contributed by atoms with E-state index in [2.05, 4.69) is 0 Å². The molecule has 1 aliphatic rings. The molecule has 0 radical (unpaired) electrons. The Labute approximate surface area is 121 Å². The number of carbonyl (C=O) groups excluding carboxylic acids is 1. The highest BCUT2D eigenvalue weighted by Gasteiger charge is 2.41. The Morgan fingerprint density at radius 2 is 2.35 bits per heavy atom. The molecular formula is C13H18N2O4S. The van der Waals surface area contributed by atoms with Gasteiger partial charge in [0.1, 0.15) is 6.04 Å². The summed E-state index contributed by atoms with van der Waals surface area (Å²) >= 11 is 1.52. The fourth-order valence-corrected chi connectivity index (χ4v) is 3.59. The first-order valence-corrected chi connectivity index (χ1v) is 7.48. The Hall–Kier alpha value is -1.63. The second-order valence-corrected chi connectivity index (χ2v) is 5.94. The van der Waals surface area contributed by atoms with Crippen LogP contribution < -0.4 is 0 Å². The number of amides is 2. The van der Waals surface area contributed by atoms with Crippen LogP contribution in [0, 0.1) is 0 Å². The van der Waals surface area contributed by atoms with Gasteiger partial charge in [-0.25, -0.2) is 9.59 Å². The molecule has 2 unspecified atom stereocenters. The lowest BCUT2D eigenvalue weighted by atomic mass is 10.2. The molecule has 0 aliphatic carbocycles. The molecule has 0 bridgehead atoms. The summed E-state index contributed by atoms with van der Waals surface area (Å²) in [6.07, 6.45) is 3.86. The largest absolute Gasteiger partial charge is 0.480 e. The van der Waals surface area contributed by atoms with E-state index in [0.29, 0.717) is 12.3 Å². The molecular weight excluding hydrogens is 280 g/mol. The summed E-state index contributed by atoms with van der Waals surface area (Å²) in [5, 5.41) is 9.17. The van der Waals surface area contributed by atoms with Crippen molar-refractivity contribution in [2.24, 2.45) is 0 Å². The molecule has 0 spiro atoms. The average molecular weight is 298 g/mol. The zero-order valence-corrected chi connectivity index (χ0v) is 12.3. The van der Waals surface area contributed by atoms with Crippen molar-refractivity contribution in [1.82, 2.24) is 9.80 Å². The minimum atomic E-state index is -0.946. The summed E-state index contributed by atoms with van der Waals surface area (Å²) in [4.78, 5) is 26.8. The van der Waals surface area contributed by atoms with Crippen molar-refractivity contribution < 1.29 is 19.1 Å². The van der Waals surface area contributed by atoms with Gasteiger partial charge in [-0.1, -0.05) is 6.92 Å². The number of thioether (sulfide) groups is 1. The van der Waals surface area contributed by atoms with E-state index in [1.54, 1.807) is 25.6 Å². The molecule has 20 heavy (non-hydrogen) atoms. The molecule has 2 rings (SSSR count). The molecule has 7 heteroatoms. The minimum Gasteiger partial charge on any atom is -0.480 e. The minimum absolute atomic E-state index is 0.0737. The lowest BCUT2D eigenvalue weighted by Gasteiger charge is -2.31.